The van der Waals surface area contributed by atoms with E-state index >= 15 is 0 Å². The minimum atomic E-state index is -0.0374. The van der Waals surface area contributed by atoms with Crippen LogP contribution in [0.1, 0.15) is 59.0 Å². The maximum Gasteiger partial charge on any atom is 0.270 e. The van der Waals surface area contributed by atoms with Gasteiger partial charge in [0.2, 0.25) is 5.95 Å². The Morgan fingerprint density at radius 1 is 1.11 bits per heavy atom. The summed E-state index contributed by atoms with van der Waals surface area (Å²) in [5, 5.41) is 4.00. The van der Waals surface area contributed by atoms with Crippen molar-refractivity contribution in [2.75, 3.05) is 39.1 Å². The molecule has 6 rings (SSSR count). The Morgan fingerprint density at radius 3 is 2.67 bits per heavy atom. The van der Waals surface area contributed by atoms with Gasteiger partial charge in [-0.1, -0.05) is 12.8 Å². The van der Waals surface area contributed by atoms with E-state index in [1.54, 1.807) is 43.5 Å². The molecule has 5 heterocycles. The van der Waals surface area contributed by atoms with E-state index in [1.807, 2.05) is 11.0 Å². The molecule has 2 bridgehead atoms. The van der Waals surface area contributed by atoms with Crippen molar-refractivity contribution in [1.29, 1.82) is 0 Å². The van der Waals surface area contributed by atoms with Crippen LogP contribution in [0.15, 0.2) is 30.6 Å². The molecule has 188 valence electrons. The summed E-state index contributed by atoms with van der Waals surface area (Å²) in [6.07, 6.45) is 8.91. The van der Waals surface area contributed by atoms with Gasteiger partial charge in [-0.05, 0) is 37.5 Å². The van der Waals surface area contributed by atoms with Gasteiger partial charge in [-0.3, -0.25) is 9.59 Å². The van der Waals surface area contributed by atoms with E-state index in [4.69, 9.17) is 9.72 Å². The molecular formula is C26H31N7O3. The van der Waals surface area contributed by atoms with Gasteiger partial charge in [0.15, 0.2) is 0 Å². The number of nitrogens with zero attached hydrogens (tertiary/aromatic N) is 6. The number of ether oxygens (including phenoxy) is 1. The van der Waals surface area contributed by atoms with Gasteiger partial charge in [-0.25, -0.2) is 9.97 Å². The molecule has 0 spiro atoms. The lowest BCUT2D eigenvalue weighted by Gasteiger charge is -2.30. The van der Waals surface area contributed by atoms with Crippen LogP contribution < -0.4 is 5.32 Å². The topological polar surface area (TPSA) is 105 Å². The Labute approximate surface area is 209 Å². The van der Waals surface area contributed by atoms with E-state index in [-0.39, 0.29) is 24.0 Å². The largest absolute Gasteiger partial charge is 0.376 e. The SMILES string of the molecule is CN(C)C(=O)c1cc2cnc(Nc3ccc(C(=O)N4CC5COC(C5)C4)cn3)nc2n1C1CCCC1. The first-order chi connectivity index (χ1) is 17.5. The number of piperidine rings is 1. The molecule has 2 aliphatic heterocycles. The van der Waals surface area contributed by atoms with E-state index in [1.165, 1.54) is 0 Å². The molecular weight excluding hydrogens is 458 g/mol. The molecule has 2 unspecified atom stereocenters. The molecule has 0 aromatic carbocycles. The first-order valence-corrected chi connectivity index (χ1v) is 12.7. The minimum absolute atomic E-state index is 0.0144. The molecule has 36 heavy (non-hydrogen) atoms. The molecule has 1 N–H and O–H groups in total. The van der Waals surface area contributed by atoms with Crippen molar-refractivity contribution in [2.24, 2.45) is 5.92 Å². The highest BCUT2D eigenvalue weighted by molar-refractivity contribution is 5.98. The number of carbonyl (C=O) groups excluding carboxylic acids is 2. The average molecular weight is 490 g/mol. The zero-order chi connectivity index (χ0) is 24.8. The number of anilines is 2. The van der Waals surface area contributed by atoms with Crippen molar-refractivity contribution in [2.45, 2.75) is 44.2 Å². The zero-order valence-corrected chi connectivity index (χ0v) is 20.7. The fourth-order valence-electron chi connectivity index (χ4n) is 5.72. The van der Waals surface area contributed by atoms with Gasteiger partial charge in [0.1, 0.15) is 17.2 Å². The normalized spacial score (nSPS) is 21.8. The third kappa shape index (κ3) is 4.19. The smallest absolute Gasteiger partial charge is 0.270 e. The summed E-state index contributed by atoms with van der Waals surface area (Å²) in [5.41, 5.74) is 1.95. The van der Waals surface area contributed by atoms with E-state index < -0.39 is 0 Å². The summed E-state index contributed by atoms with van der Waals surface area (Å²) >= 11 is 0. The van der Waals surface area contributed by atoms with Crippen LogP contribution in [0.4, 0.5) is 11.8 Å². The van der Waals surface area contributed by atoms with Gasteiger partial charge < -0.3 is 24.4 Å². The summed E-state index contributed by atoms with van der Waals surface area (Å²) in [6.45, 7) is 2.12. The average Bonchev–Trinajstić information content (AvgIpc) is 3.61. The third-order valence-electron chi connectivity index (χ3n) is 7.49. The highest BCUT2D eigenvalue weighted by Gasteiger charge is 2.36. The fraction of sp³-hybridized carbons (Fsp3) is 0.500. The molecule has 3 aromatic rings. The van der Waals surface area contributed by atoms with Crippen LogP contribution in [-0.2, 0) is 4.74 Å². The number of carbonyl (C=O) groups is 2. The van der Waals surface area contributed by atoms with Crippen molar-refractivity contribution >= 4 is 34.6 Å². The monoisotopic (exact) mass is 489 g/mol. The lowest BCUT2D eigenvalue weighted by Crippen LogP contribution is -2.43. The first-order valence-electron chi connectivity index (χ1n) is 12.7. The number of aromatic nitrogens is 4. The predicted octanol–water partition coefficient (Wildman–Crippen LogP) is 3.25. The number of nitrogens with one attached hydrogen (secondary N) is 1. The Hall–Kier alpha value is -3.53. The summed E-state index contributed by atoms with van der Waals surface area (Å²) in [5.74, 6) is 1.34. The van der Waals surface area contributed by atoms with Gasteiger partial charge in [0, 0.05) is 56.9 Å². The molecule has 0 radical (unpaired) electrons. The fourth-order valence-corrected chi connectivity index (χ4v) is 5.72. The molecule has 1 aliphatic carbocycles. The lowest BCUT2D eigenvalue weighted by molar-refractivity contribution is 0.0563. The summed E-state index contributed by atoms with van der Waals surface area (Å²) in [7, 11) is 3.53. The second kappa shape index (κ2) is 9.16. The first kappa shape index (κ1) is 22.9. The molecule has 10 nitrogen and oxygen atoms in total. The summed E-state index contributed by atoms with van der Waals surface area (Å²) in [6, 6.07) is 5.69. The Bertz CT molecular complexity index is 1280. The van der Waals surface area contributed by atoms with Gasteiger partial charge in [0.05, 0.1) is 18.3 Å². The Kier molecular flexibility index (Phi) is 5.83. The van der Waals surface area contributed by atoms with Crippen LogP contribution >= 0.6 is 0 Å². The van der Waals surface area contributed by atoms with Crippen LogP contribution in [0.3, 0.4) is 0 Å². The zero-order valence-electron chi connectivity index (χ0n) is 20.7. The van der Waals surface area contributed by atoms with Crippen LogP contribution in [0.5, 0.6) is 0 Å². The van der Waals surface area contributed by atoms with Crippen molar-refractivity contribution < 1.29 is 14.3 Å². The number of likely N-dealkylation sites (tertiary alicyclic amines) is 1. The van der Waals surface area contributed by atoms with Crippen molar-refractivity contribution in [1.82, 2.24) is 29.3 Å². The van der Waals surface area contributed by atoms with Crippen LogP contribution in [0.25, 0.3) is 11.0 Å². The minimum Gasteiger partial charge on any atom is -0.376 e. The van der Waals surface area contributed by atoms with Crippen molar-refractivity contribution in [3.05, 3.63) is 41.9 Å². The number of hydrogen-bond donors (Lipinski definition) is 1. The van der Waals surface area contributed by atoms with Crippen LogP contribution in [0, 0.1) is 5.92 Å². The molecule has 2 saturated heterocycles. The highest BCUT2D eigenvalue weighted by atomic mass is 16.5. The number of pyridine rings is 1. The van der Waals surface area contributed by atoms with Crippen LogP contribution in [-0.4, -0.2) is 81.0 Å². The number of hydrogen-bond acceptors (Lipinski definition) is 7. The van der Waals surface area contributed by atoms with E-state index in [2.05, 4.69) is 19.9 Å². The van der Waals surface area contributed by atoms with E-state index in [9.17, 15) is 9.59 Å². The maximum atomic E-state index is 13.0. The van der Waals surface area contributed by atoms with Gasteiger partial charge in [-0.2, -0.15) is 4.98 Å². The number of amides is 2. The van der Waals surface area contributed by atoms with Crippen molar-refractivity contribution in [3.8, 4) is 0 Å². The standard InChI is InChI=1S/C26H31N7O3/c1-31(2)25(35)21-10-18-12-28-26(30-23(18)33(21)19-5-3-4-6-19)29-22-8-7-17(11-27-22)24(34)32-13-16-9-20(14-32)36-15-16/h7-8,10-12,16,19-20H,3-6,9,13-15H2,1-2H3,(H,27,28,29,30). The number of fused-ring (bicyclic) bond motifs is 3. The predicted molar refractivity (Wildman–Crippen MR) is 134 cm³/mol. The second-order valence-corrected chi connectivity index (χ2v) is 10.3. The Balaban J connectivity index is 1.23. The van der Waals surface area contributed by atoms with Gasteiger partial charge in [-0.15, -0.1) is 0 Å². The molecule has 3 aliphatic rings. The quantitative estimate of drug-likeness (QED) is 0.586. The molecule has 2 atom stereocenters. The Morgan fingerprint density at radius 2 is 1.94 bits per heavy atom. The summed E-state index contributed by atoms with van der Waals surface area (Å²) < 4.78 is 7.81. The molecule has 3 fully saturated rings. The van der Waals surface area contributed by atoms with Crippen molar-refractivity contribution in [3.63, 3.8) is 0 Å². The van der Waals surface area contributed by atoms with E-state index in [0.717, 1.165) is 56.3 Å². The third-order valence-corrected chi connectivity index (χ3v) is 7.49. The summed E-state index contributed by atoms with van der Waals surface area (Å²) in [4.78, 5) is 43.0. The molecule has 1 saturated carbocycles. The lowest BCUT2D eigenvalue weighted by atomic mass is 9.99. The molecule has 2 amide bonds. The van der Waals surface area contributed by atoms with E-state index in [0.29, 0.717) is 35.5 Å². The van der Waals surface area contributed by atoms with Gasteiger partial charge in [0.25, 0.3) is 11.8 Å². The highest BCUT2D eigenvalue weighted by Crippen LogP contribution is 2.35. The van der Waals surface area contributed by atoms with Gasteiger partial charge >= 0.3 is 0 Å². The number of rotatable bonds is 5. The maximum absolute atomic E-state index is 13.0. The molecule has 10 heteroatoms. The second-order valence-electron chi connectivity index (χ2n) is 10.3. The van der Waals surface area contributed by atoms with Crippen LogP contribution in [0.2, 0.25) is 0 Å². The molecule has 3 aromatic heterocycles.